The molecule has 2 heterocycles. The number of hydrogen-bond acceptors (Lipinski definition) is 4. The van der Waals surface area contributed by atoms with E-state index in [-0.39, 0.29) is 6.54 Å². The Morgan fingerprint density at radius 3 is 2.55 bits per heavy atom. The minimum absolute atomic E-state index is 0.272. The highest BCUT2D eigenvalue weighted by atomic mass is 32.1. The van der Waals surface area contributed by atoms with Crippen molar-refractivity contribution in [2.24, 2.45) is 4.99 Å². The number of carbonyl (C=O) groups excluding carboxylic acids is 1. The Labute approximate surface area is 171 Å². The number of benzene rings is 1. The monoisotopic (exact) mass is 425 g/mol. The zero-order valence-corrected chi connectivity index (χ0v) is 16.7. The first-order valence-corrected chi connectivity index (χ1v) is 10.1. The smallest absolute Gasteiger partial charge is 0.246 e. The summed E-state index contributed by atoms with van der Waals surface area (Å²) in [6, 6.07) is 5.84. The van der Waals surface area contributed by atoms with Crippen molar-refractivity contribution < 1.29 is 18.0 Å². The number of carbonyl (C=O) groups is 1. The maximum Gasteiger partial charge on any atom is 0.246 e. The maximum absolute atomic E-state index is 13.7. The molecule has 0 atom stereocenters. The van der Waals surface area contributed by atoms with Crippen molar-refractivity contribution in [3.05, 3.63) is 47.1 Å². The van der Waals surface area contributed by atoms with Gasteiger partial charge in [-0.2, -0.15) is 0 Å². The molecule has 6 nitrogen and oxygen atoms in total. The number of halogens is 3. The molecule has 3 rings (SSSR count). The molecule has 1 saturated heterocycles. The summed E-state index contributed by atoms with van der Waals surface area (Å²) < 4.78 is 40.0. The summed E-state index contributed by atoms with van der Waals surface area (Å²) in [5.41, 5.74) is -0.418. The molecule has 1 amide bonds. The molecule has 1 aromatic heterocycles. The van der Waals surface area contributed by atoms with Gasteiger partial charge in [-0.15, -0.1) is 11.3 Å². The molecule has 0 spiro atoms. The van der Waals surface area contributed by atoms with Crippen LogP contribution in [0.25, 0.3) is 0 Å². The van der Waals surface area contributed by atoms with E-state index < -0.39 is 29.0 Å². The standard InChI is InChI=1S/C19H22F3N5OS/c1-2-23-19(27-9-7-26(8-10-27)16-4-3-11-29-16)24-12-15(28)25-14-6-5-13(20)17(21)18(14)22/h3-6,11H,2,7-10,12H2,1H3,(H,23,24)(H,25,28). The number of piperazine rings is 1. The average Bonchev–Trinajstić information content (AvgIpc) is 3.27. The number of anilines is 2. The fraction of sp³-hybridized carbons (Fsp3) is 0.368. The van der Waals surface area contributed by atoms with Crippen LogP contribution in [0.1, 0.15) is 6.92 Å². The number of nitrogens with one attached hydrogen (secondary N) is 2. The van der Waals surface area contributed by atoms with Gasteiger partial charge in [0.05, 0.1) is 10.7 Å². The predicted molar refractivity (Wildman–Crippen MR) is 109 cm³/mol. The van der Waals surface area contributed by atoms with Crippen molar-refractivity contribution in [1.29, 1.82) is 0 Å². The minimum atomic E-state index is -1.62. The third-order valence-corrected chi connectivity index (χ3v) is 5.34. The van der Waals surface area contributed by atoms with Gasteiger partial charge in [-0.25, -0.2) is 18.2 Å². The second-order valence-electron chi connectivity index (χ2n) is 6.37. The lowest BCUT2D eigenvalue weighted by atomic mass is 10.2. The Kier molecular flexibility index (Phi) is 6.97. The quantitative estimate of drug-likeness (QED) is 0.439. The van der Waals surface area contributed by atoms with Crippen LogP contribution in [0.4, 0.5) is 23.9 Å². The SMILES string of the molecule is CCNC(=NCC(=O)Nc1ccc(F)c(F)c1F)N1CCN(c2cccs2)CC1. The van der Waals surface area contributed by atoms with Gasteiger partial charge in [-0.05, 0) is 36.6 Å². The van der Waals surface area contributed by atoms with Crippen LogP contribution in [0, 0.1) is 17.5 Å². The second kappa shape index (κ2) is 9.64. The first-order chi connectivity index (χ1) is 14.0. The number of nitrogens with zero attached hydrogens (tertiary/aromatic N) is 3. The molecule has 1 aromatic carbocycles. The van der Waals surface area contributed by atoms with Crippen molar-refractivity contribution in [2.75, 3.05) is 49.5 Å². The lowest BCUT2D eigenvalue weighted by molar-refractivity contribution is -0.114. The highest BCUT2D eigenvalue weighted by Gasteiger charge is 2.21. The van der Waals surface area contributed by atoms with Crippen molar-refractivity contribution in [3.63, 3.8) is 0 Å². The van der Waals surface area contributed by atoms with E-state index in [0.717, 1.165) is 38.3 Å². The second-order valence-corrected chi connectivity index (χ2v) is 7.29. The van der Waals surface area contributed by atoms with Crippen molar-refractivity contribution >= 4 is 33.9 Å². The topological polar surface area (TPSA) is 60.0 Å². The van der Waals surface area contributed by atoms with Gasteiger partial charge in [0.25, 0.3) is 0 Å². The number of rotatable bonds is 5. The summed E-state index contributed by atoms with van der Waals surface area (Å²) in [4.78, 5) is 20.8. The Morgan fingerprint density at radius 2 is 1.90 bits per heavy atom. The molecule has 2 N–H and O–H groups in total. The predicted octanol–water partition coefficient (Wildman–Crippen LogP) is 2.89. The van der Waals surface area contributed by atoms with Crippen LogP contribution in [-0.2, 0) is 4.79 Å². The fourth-order valence-electron chi connectivity index (χ4n) is 2.97. The molecule has 0 bridgehead atoms. The van der Waals surface area contributed by atoms with E-state index in [9.17, 15) is 18.0 Å². The first kappa shape index (κ1) is 21.0. The Bertz CT molecular complexity index is 867. The largest absolute Gasteiger partial charge is 0.360 e. The summed E-state index contributed by atoms with van der Waals surface area (Å²) in [6.07, 6.45) is 0. The number of thiophene rings is 1. The minimum Gasteiger partial charge on any atom is -0.360 e. The number of aliphatic imine (C=N–C) groups is 1. The van der Waals surface area contributed by atoms with Crippen LogP contribution in [-0.4, -0.2) is 56.0 Å². The summed E-state index contributed by atoms with van der Waals surface area (Å²) in [5.74, 6) is -4.40. The molecule has 0 radical (unpaired) electrons. The summed E-state index contributed by atoms with van der Waals surface area (Å²) >= 11 is 1.70. The van der Waals surface area contributed by atoms with Crippen molar-refractivity contribution in [1.82, 2.24) is 10.2 Å². The summed E-state index contributed by atoms with van der Waals surface area (Å²) in [7, 11) is 0. The van der Waals surface area contributed by atoms with E-state index in [1.54, 1.807) is 11.3 Å². The molecule has 2 aromatic rings. The number of guanidine groups is 1. The molecule has 0 aliphatic carbocycles. The molecular weight excluding hydrogens is 403 g/mol. The highest BCUT2D eigenvalue weighted by molar-refractivity contribution is 7.14. The van der Waals surface area contributed by atoms with E-state index in [4.69, 9.17) is 0 Å². The van der Waals surface area contributed by atoms with Crippen LogP contribution in [0.3, 0.4) is 0 Å². The van der Waals surface area contributed by atoms with E-state index in [1.807, 2.05) is 18.4 Å². The van der Waals surface area contributed by atoms with Gasteiger partial charge in [-0.3, -0.25) is 4.79 Å². The molecule has 0 unspecified atom stereocenters. The lowest BCUT2D eigenvalue weighted by Gasteiger charge is -2.37. The van der Waals surface area contributed by atoms with Gasteiger partial charge in [0, 0.05) is 32.7 Å². The lowest BCUT2D eigenvalue weighted by Crippen LogP contribution is -2.52. The van der Waals surface area contributed by atoms with Crippen LogP contribution < -0.4 is 15.5 Å². The van der Waals surface area contributed by atoms with Crippen molar-refractivity contribution in [3.8, 4) is 0 Å². The Morgan fingerprint density at radius 1 is 1.14 bits per heavy atom. The Hall–Kier alpha value is -2.75. The molecular formula is C19H22F3N5OS. The first-order valence-electron chi connectivity index (χ1n) is 9.24. The number of amides is 1. The van der Waals surface area contributed by atoms with Gasteiger partial charge in [0.15, 0.2) is 23.4 Å². The van der Waals surface area contributed by atoms with Crippen LogP contribution >= 0.6 is 11.3 Å². The number of hydrogen-bond donors (Lipinski definition) is 2. The van der Waals surface area contributed by atoms with Gasteiger partial charge in [-0.1, -0.05) is 0 Å². The normalized spacial score (nSPS) is 14.8. The Balaban J connectivity index is 1.59. The molecule has 156 valence electrons. The molecule has 0 saturated carbocycles. The average molecular weight is 425 g/mol. The van der Waals surface area contributed by atoms with Gasteiger partial charge in [0.1, 0.15) is 6.54 Å². The molecule has 1 aliphatic heterocycles. The fourth-order valence-corrected chi connectivity index (χ4v) is 3.76. The van der Waals surface area contributed by atoms with E-state index in [2.05, 4.69) is 31.5 Å². The highest BCUT2D eigenvalue weighted by Crippen LogP contribution is 2.22. The third kappa shape index (κ3) is 5.20. The van der Waals surface area contributed by atoms with Crippen LogP contribution in [0.2, 0.25) is 0 Å². The van der Waals surface area contributed by atoms with Crippen LogP contribution in [0.5, 0.6) is 0 Å². The van der Waals surface area contributed by atoms with Gasteiger partial charge < -0.3 is 20.4 Å². The van der Waals surface area contributed by atoms with Gasteiger partial charge >= 0.3 is 0 Å². The zero-order valence-electron chi connectivity index (χ0n) is 15.9. The van der Waals surface area contributed by atoms with Gasteiger partial charge in [0.2, 0.25) is 5.91 Å². The molecule has 29 heavy (non-hydrogen) atoms. The maximum atomic E-state index is 13.7. The molecule has 10 heteroatoms. The van der Waals surface area contributed by atoms with E-state index >= 15 is 0 Å². The van der Waals surface area contributed by atoms with E-state index in [0.29, 0.717) is 12.5 Å². The zero-order chi connectivity index (χ0) is 20.8. The summed E-state index contributed by atoms with van der Waals surface area (Å²) in [5, 5.41) is 8.63. The molecule has 1 fully saturated rings. The third-order valence-electron chi connectivity index (χ3n) is 4.41. The van der Waals surface area contributed by atoms with Crippen molar-refractivity contribution in [2.45, 2.75) is 6.92 Å². The van der Waals surface area contributed by atoms with E-state index in [1.165, 1.54) is 5.00 Å². The van der Waals surface area contributed by atoms with Crippen LogP contribution in [0.15, 0.2) is 34.6 Å². The molecule has 1 aliphatic rings. The summed E-state index contributed by atoms with van der Waals surface area (Å²) in [6.45, 7) is 5.42.